The van der Waals surface area contributed by atoms with Gasteiger partial charge in [-0.3, -0.25) is 4.79 Å². The second-order valence-corrected chi connectivity index (χ2v) is 3.98. The molecule has 0 N–H and O–H groups in total. The molecule has 0 amide bonds. The molecule has 2 unspecified atom stereocenters. The summed E-state index contributed by atoms with van der Waals surface area (Å²) in [6.45, 7) is 6.30. The van der Waals surface area contributed by atoms with Crippen molar-refractivity contribution in [2.75, 3.05) is 0 Å². The van der Waals surface area contributed by atoms with Gasteiger partial charge in [-0.2, -0.15) is 0 Å². The predicted octanol–water partition coefficient (Wildman–Crippen LogP) is 2.61. The van der Waals surface area contributed by atoms with Crippen molar-refractivity contribution in [3.8, 4) is 0 Å². The van der Waals surface area contributed by atoms with Gasteiger partial charge >= 0.3 is 0 Å². The highest BCUT2D eigenvalue weighted by molar-refractivity contribution is 5.83. The van der Waals surface area contributed by atoms with E-state index in [0.29, 0.717) is 11.7 Å². The minimum Gasteiger partial charge on any atom is -0.299 e. The topological polar surface area (TPSA) is 17.1 Å². The van der Waals surface area contributed by atoms with Gasteiger partial charge in [-0.25, -0.2) is 0 Å². The van der Waals surface area contributed by atoms with Gasteiger partial charge in [-0.1, -0.05) is 20.8 Å². The second kappa shape index (κ2) is 3.38. The van der Waals surface area contributed by atoms with Crippen LogP contribution < -0.4 is 0 Å². The van der Waals surface area contributed by atoms with Crippen LogP contribution in [0.4, 0.5) is 0 Å². The first-order valence-corrected chi connectivity index (χ1v) is 4.44. The van der Waals surface area contributed by atoms with E-state index in [1.165, 1.54) is 12.3 Å². The molecule has 0 bridgehead atoms. The third-order valence-corrected chi connectivity index (χ3v) is 2.58. The van der Waals surface area contributed by atoms with Crippen molar-refractivity contribution in [3.05, 3.63) is 5.92 Å². The largest absolute Gasteiger partial charge is 0.299 e. The molecule has 0 aliphatic heterocycles. The zero-order valence-electron chi connectivity index (χ0n) is 7.68. The monoisotopic (exact) mass is 153 g/mol. The van der Waals surface area contributed by atoms with Gasteiger partial charge in [0, 0.05) is 12.3 Å². The van der Waals surface area contributed by atoms with Crippen LogP contribution >= 0.6 is 0 Å². The van der Waals surface area contributed by atoms with Crippen LogP contribution in [0.3, 0.4) is 0 Å². The van der Waals surface area contributed by atoms with Crippen LogP contribution in [0.25, 0.3) is 0 Å². The van der Waals surface area contributed by atoms with Gasteiger partial charge in [-0.15, -0.1) is 0 Å². The van der Waals surface area contributed by atoms with Crippen LogP contribution in [0.2, 0.25) is 0 Å². The number of hydrogen-bond donors (Lipinski definition) is 0. The van der Waals surface area contributed by atoms with Gasteiger partial charge in [0.1, 0.15) is 5.78 Å². The molecule has 1 fully saturated rings. The molecule has 0 saturated heterocycles. The summed E-state index contributed by atoms with van der Waals surface area (Å²) in [7, 11) is 0. The number of hydrogen-bond acceptors (Lipinski definition) is 1. The maximum Gasteiger partial charge on any atom is 0.136 e. The molecule has 1 saturated carbocycles. The lowest BCUT2D eigenvalue weighted by molar-refractivity contribution is -0.125. The Balaban J connectivity index is 2.51. The lowest BCUT2D eigenvalue weighted by Crippen LogP contribution is -2.26. The van der Waals surface area contributed by atoms with Gasteiger partial charge in [0.15, 0.2) is 0 Å². The number of ketones is 1. The zero-order valence-corrected chi connectivity index (χ0v) is 7.68. The lowest BCUT2D eigenvalue weighted by atomic mass is 9.77. The minimum atomic E-state index is 0.284. The third kappa shape index (κ3) is 2.05. The van der Waals surface area contributed by atoms with Crippen LogP contribution in [0.5, 0.6) is 0 Å². The molecule has 1 nitrogen and oxygen atoms in total. The average molecular weight is 153 g/mol. The number of carbonyl (C=O) groups is 1. The number of rotatable bonds is 1. The Hall–Kier alpha value is -0.330. The molecule has 11 heavy (non-hydrogen) atoms. The Kier molecular flexibility index (Phi) is 2.69. The maximum absolute atomic E-state index is 11.4. The van der Waals surface area contributed by atoms with Gasteiger partial charge in [0.2, 0.25) is 0 Å². The highest BCUT2D eigenvalue weighted by Gasteiger charge is 2.28. The fourth-order valence-electron chi connectivity index (χ4n) is 1.81. The molecule has 1 heteroatoms. The summed E-state index contributed by atoms with van der Waals surface area (Å²) in [5.41, 5.74) is 0. The summed E-state index contributed by atoms with van der Waals surface area (Å²) in [4.78, 5) is 11.4. The van der Waals surface area contributed by atoms with Gasteiger partial charge in [0.25, 0.3) is 0 Å². The molecule has 0 aromatic rings. The second-order valence-electron chi connectivity index (χ2n) is 3.98. The van der Waals surface area contributed by atoms with Gasteiger partial charge < -0.3 is 0 Å². The number of carbonyl (C=O) groups excluding carboxylic acids is 1. The quantitative estimate of drug-likeness (QED) is 0.566. The molecule has 0 spiro atoms. The first-order chi connectivity index (χ1) is 5.11. The molecular weight excluding hydrogens is 136 g/mol. The molecule has 0 aromatic carbocycles. The Bertz CT molecular complexity index is 149. The van der Waals surface area contributed by atoms with E-state index in [0.717, 1.165) is 12.8 Å². The summed E-state index contributed by atoms with van der Waals surface area (Å²) < 4.78 is 0. The molecule has 1 aliphatic rings. The van der Waals surface area contributed by atoms with Gasteiger partial charge in [0.05, 0.1) is 0 Å². The molecule has 1 rings (SSSR count). The van der Waals surface area contributed by atoms with Crippen molar-refractivity contribution in [2.24, 2.45) is 11.8 Å². The maximum atomic E-state index is 11.4. The SMILES string of the molecule is C[C](C)C1CCC(C)CC1=O. The Morgan fingerprint density at radius 3 is 2.45 bits per heavy atom. The molecular formula is C10H17O. The minimum absolute atomic E-state index is 0.284. The summed E-state index contributed by atoms with van der Waals surface area (Å²) in [5, 5.41) is 0. The van der Waals surface area contributed by atoms with E-state index in [9.17, 15) is 4.79 Å². The highest BCUT2D eigenvalue weighted by Crippen LogP contribution is 2.30. The Morgan fingerprint density at radius 2 is 2.00 bits per heavy atom. The lowest BCUT2D eigenvalue weighted by Gasteiger charge is -2.27. The van der Waals surface area contributed by atoms with Crippen molar-refractivity contribution >= 4 is 5.78 Å². The summed E-state index contributed by atoms with van der Waals surface area (Å²) in [6, 6.07) is 0. The Labute approximate surface area is 69.2 Å². The van der Waals surface area contributed by atoms with Crippen LogP contribution in [0, 0.1) is 17.8 Å². The van der Waals surface area contributed by atoms with Crippen LogP contribution in [-0.4, -0.2) is 5.78 Å². The van der Waals surface area contributed by atoms with Crippen LogP contribution in [0.15, 0.2) is 0 Å². The van der Waals surface area contributed by atoms with E-state index in [1.54, 1.807) is 0 Å². The molecule has 0 heterocycles. The molecule has 2 atom stereocenters. The van der Waals surface area contributed by atoms with Crippen molar-refractivity contribution < 1.29 is 4.79 Å². The van der Waals surface area contributed by atoms with Crippen LogP contribution in [0.1, 0.15) is 40.0 Å². The van der Waals surface area contributed by atoms with Crippen LogP contribution in [-0.2, 0) is 4.79 Å². The van der Waals surface area contributed by atoms with Crippen molar-refractivity contribution in [1.82, 2.24) is 0 Å². The zero-order chi connectivity index (χ0) is 8.43. The van der Waals surface area contributed by atoms with Gasteiger partial charge in [-0.05, 0) is 24.7 Å². The standard InChI is InChI=1S/C10H17O/c1-7(2)9-5-4-8(3)6-10(9)11/h8-9H,4-6H2,1-3H3. The highest BCUT2D eigenvalue weighted by atomic mass is 16.1. The first kappa shape index (κ1) is 8.76. The molecule has 63 valence electrons. The first-order valence-electron chi connectivity index (χ1n) is 4.44. The normalized spacial score (nSPS) is 32.9. The predicted molar refractivity (Wildman–Crippen MR) is 46.1 cm³/mol. The summed E-state index contributed by atoms with van der Waals surface area (Å²) in [5.74, 6) is 2.66. The van der Waals surface area contributed by atoms with E-state index < -0.39 is 0 Å². The van der Waals surface area contributed by atoms with E-state index >= 15 is 0 Å². The smallest absolute Gasteiger partial charge is 0.136 e. The van der Waals surface area contributed by atoms with Crippen molar-refractivity contribution in [2.45, 2.75) is 40.0 Å². The van der Waals surface area contributed by atoms with Crippen molar-refractivity contribution in [1.29, 1.82) is 0 Å². The molecule has 1 aliphatic carbocycles. The van der Waals surface area contributed by atoms with E-state index in [4.69, 9.17) is 0 Å². The summed E-state index contributed by atoms with van der Waals surface area (Å²) in [6.07, 6.45) is 3.11. The third-order valence-electron chi connectivity index (χ3n) is 2.58. The van der Waals surface area contributed by atoms with Crippen molar-refractivity contribution in [3.63, 3.8) is 0 Å². The Morgan fingerprint density at radius 1 is 1.36 bits per heavy atom. The molecule has 1 radical (unpaired) electrons. The number of Topliss-reactive ketones (excluding diaryl/α,β-unsaturated/α-hetero) is 1. The fourth-order valence-corrected chi connectivity index (χ4v) is 1.81. The van der Waals surface area contributed by atoms with E-state index in [1.807, 2.05) is 0 Å². The summed E-state index contributed by atoms with van der Waals surface area (Å²) >= 11 is 0. The fraction of sp³-hybridized carbons (Fsp3) is 0.800. The van der Waals surface area contributed by atoms with E-state index in [2.05, 4.69) is 20.8 Å². The van der Waals surface area contributed by atoms with E-state index in [-0.39, 0.29) is 5.92 Å². The molecule has 0 aromatic heterocycles. The average Bonchev–Trinajstić information content (AvgIpc) is 1.85.